The average Bonchev–Trinajstić information content (AvgIpc) is 2.52. The molecule has 0 aliphatic heterocycles. The fraction of sp³-hybridized carbons (Fsp3) is 0.667. The summed E-state index contributed by atoms with van der Waals surface area (Å²) in [7, 11) is 0. The second-order valence-corrected chi connectivity index (χ2v) is 7.30. The monoisotopic (exact) mass is 337 g/mol. The van der Waals surface area contributed by atoms with Crippen LogP contribution in [0, 0.1) is 11.7 Å². The zero-order valence-electron chi connectivity index (χ0n) is 14.7. The highest BCUT2D eigenvalue weighted by atomic mass is 19.1. The first kappa shape index (κ1) is 18.8. The average molecular weight is 337 g/mol. The molecule has 1 aliphatic carbocycles. The molecule has 0 aromatic carbocycles. The Morgan fingerprint density at radius 3 is 2.62 bits per heavy atom. The van der Waals surface area contributed by atoms with Gasteiger partial charge in [0, 0.05) is 36.8 Å². The number of halogens is 1. The van der Waals surface area contributed by atoms with Crippen molar-refractivity contribution in [3.8, 4) is 0 Å². The smallest absolute Gasteiger partial charge is 0.217 e. The maximum Gasteiger partial charge on any atom is 0.217 e. The van der Waals surface area contributed by atoms with Crippen LogP contribution in [0.15, 0.2) is 18.5 Å². The summed E-state index contributed by atoms with van der Waals surface area (Å²) in [6, 6.07) is 1.59. The molecule has 1 fully saturated rings. The Morgan fingerprint density at radius 2 is 2.04 bits per heavy atom. The van der Waals surface area contributed by atoms with Crippen LogP contribution in [0.3, 0.4) is 0 Å². The molecule has 134 valence electrons. The van der Waals surface area contributed by atoms with E-state index >= 15 is 0 Å². The summed E-state index contributed by atoms with van der Waals surface area (Å²) in [5.74, 6) is 0.0603. The first-order chi connectivity index (χ1) is 11.3. The number of nitrogens with one attached hydrogen (secondary N) is 2. The minimum Gasteiger partial charge on any atom is -0.387 e. The maximum atomic E-state index is 13.2. The van der Waals surface area contributed by atoms with Gasteiger partial charge in [-0.15, -0.1) is 0 Å². The van der Waals surface area contributed by atoms with Crippen LogP contribution in [0.4, 0.5) is 4.39 Å². The summed E-state index contributed by atoms with van der Waals surface area (Å²) in [5, 5.41) is 16.6. The summed E-state index contributed by atoms with van der Waals surface area (Å²) in [6.45, 7) is 6.17. The van der Waals surface area contributed by atoms with Crippen molar-refractivity contribution in [1.29, 1.82) is 0 Å². The van der Waals surface area contributed by atoms with Gasteiger partial charge >= 0.3 is 0 Å². The number of carbonyl (C=O) groups excluding carboxylic acids is 1. The number of β-amino-alcohol motifs (C(OH)–C–C–N with tert-alkyl or cyclic N) is 1. The van der Waals surface area contributed by atoms with Crippen LogP contribution >= 0.6 is 0 Å². The topological polar surface area (TPSA) is 74.2 Å². The van der Waals surface area contributed by atoms with E-state index in [1.54, 1.807) is 6.92 Å². The van der Waals surface area contributed by atoms with Gasteiger partial charge in [0.15, 0.2) is 0 Å². The Bertz CT molecular complexity index is 557. The van der Waals surface area contributed by atoms with Crippen molar-refractivity contribution in [2.45, 2.75) is 64.1 Å². The van der Waals surface area contributed by atoms with E-state index in [0.29, 0.717) is 18.0 Å². The van der Waals surface area contributed by atoms with E-state index in [9.17, 15) is 14.3 Å². The van der Waals surface area contributed by atoms with Gasteiger partial charge in [-0.05, 0) is 51.5 Å². The van der Waals surface area contributed by atoms with Gasteiger partial charge < -0.3 is 15.7 Å². The van der Waals surface area contributed by atoms with E-state index in [1.807, 2.05) is 0 Å². The molecule has 1 saturated carbocycles. The molecule has 1 aromatic heterocycles. The molecule has 1 atom stereocenters. The third-order valence-corrected chi connectivity index (χ3v) is 5.02. The molecule has 1 aliphatic rings. The van der Waals surface area contributed by atoms with Crippen molar-refractivity contribution in [2.24, 2.45) is 5.92 Å². The molecular weight excluding hydrogens is 309 g/mol. The molecule has 5 nitrogen and oxygen atoms in total. The fourth-order valence-corrected chi connectivity index (χ4v) is 3.48. The summed E-state index contributed by atoms with van der Waals surface area (Å²) in [6.07, 6.45) is 5.84. The maximum absolute atomic E-state index is 13.2. The van der Waals surface area contributed by atoms with Gasteiger partial charge in [0.25, 0.3) is 0 Å². The molecule has 6 heteroatoms. The van der Waals surface area contributed by atoms with E-state index in [4.69, 9.17) is 0 Å². The predicted octanol–water partition coefficient (Wildman–Crippen LogP) is 2.32. The number of nitrogens with zero attached hydrogens (tertiary/aromatic N) is 1. The number of aliphatic hydroxyl groups is 1. The highest BCUT2D eigenvalue weighted by Crippen LogP contribution is 2.33. The third-order valence-electron chi connectivity index (χ3n) is 5.02. The lowest BCUT2D eigenvalue weighted by Crippen LogP contribution is -2.50. The lowest BCUT2D eigenvalue weighted by molar-refractivity contribution is -0.119. The van der Waals surface area contributed by atoms with Gasteiger partial charge in [0.05, 0.1) is 12.3 Å². The Morgan fingerprint density at radius 1 is 1.38 bits per heavy atom. The summed E-state index contributed by atoms with van der Waals surface area (Å²) in [5.41, 5.74) is 0.343. The highest BCUT2D eigenvalue weighted by Gasteiger charge is 2.33. The molecule has 1 heterocycles. The predicted molar refractivity (Wildman–Crippen MR) is 90.8 cm³/mol. The quantitative estimate of drug-likeness (QED) is 0.745. The SMILES string of the molecule is CC(=O)NC1CCC(C(C)(C)NC[C@H](O)c2cncc(F)c2)CC1. The number of amides is 1. The van der Waals surface area contributed by atoms with Gasteiger partial charge in [-0.2, -0.15) is 0 Å². The molecular formula is C18H28FN3O2. The van der Waals surface area contributed by atoms with E-state index < -0.39 is 11.9 Å². The normalized spacial score (nSPS) is 22.9. The van der Waals surface area contributed by atoms with Gasteiger partial charge in [0.2, 0.25) is 5.91 Å². The van der Waals surface area contributed by atoms with Crippen molar-refractivity contribution >= 4 is 5.91 Å². The Hall–Kier alpha value is -1.53. The van der Waals surface area contributed by atoms with E-state index in [2.05, 4.69) is 29.5 Å². The first-order valence-electron chi connectivity index (χ1n) is 8.58. The minimum absolute atomic E-state index is 0.0302. The van der Waals surface area contributed by atoms with Gasteiger partial charge in [0.1, 0.15) is 5.82 Å². The molecule has 3 N–H and O–H groups in total. The standard InChI is InChI=1S/C18H28FN3O2/c1-12(23)22-16-6-4-14(5-7-16)18(2,3)21-11-17(24)13-8-15(19)10-20-9-13/h8-10,14,16-17,21,24H,4-7,11H2,1-3H3,(H,22,23)/t14?,16?,17-/m0/s1. The van der Waals surface area contributed by atoms with Crippen molar-refractivity contribution < 1.29 is 14.3 Å². The Labute approximate surface area is 143 Å². The number of aromatic nitrogens is 1. The van der Waals surface area contributed by atoms with Crippen LogP contribution in [0.2, 0.25) is 0 Å². The molecule has 0 saturated heterocycles. The van der Waals surface area contributed by atoms with Crippen LogP contribution in [0.1, 0.15) is 58.1 Å². The van der Waals surface area contributed by atoms with E-state index in [1.165, 1.54) is 12.3 Å². The van der Waals surface area contributed by atoms with Crippen molar-refractivity contribution in [3.05, 3.63) is 29.8 Å². The molecule has 0 spiro atoms. The van der Waals surface area contributed by atoms with E-state index in [0.717, 1.165) is 31.9 Å². The molecule has 1 amide bonds. The second kappa shape index (κ2) is 8.03. The van der Waals surface area contributed by atoms with Crippen LogP contribution in [-0.2, 0) is 4.79 Å². The molecule has 0 unspecified atom stereocenters. The number of hydrogen-bond donors (Lipinski definition) is 3. The first-order valence-corrected chi connectivity index (χ1v) is 8.58. The Balaban J connectivity index is 1.84. The summed E-state index contributed by atoms with van der Waals surface area (Å²) in [4.78, 5) is 14.9. The second-order valence-electron chi connectivity index (χ2n) is 7.30. The highest BCUT2D eigenvalue weighted by molar-refractivity contribution is 5.73. The van der Waals surface area contributed by atoms with Crippen molar-refractivity contribution in [1.82, 2.24) is 15.6 Å². The number of rotatable bonds is 6. The number of pyridine rings is 1. The molecule has 0 radical (unpaired) electrons. The lowest BCUT2D eigenvalue weighted by atomic mass is 9.75. The molecule has 0 bridgehead atoms. The van der Waals surface area contributed by atoms with Gasteiger partial charge in [-0.25, -0.2) is 4.39 Å². The lowest BCUT2D eigenvalue weighted by Gasteiger charge is -2.40. The fourth-order valence-electron chi connectivity index (χ4n) is 3.48. The number of hydrogen-bond acceptors (Lipinski definition) is 4. The zero-order chi connectivity index (χ0) is 17.7. The van der Waals surface area contributed by atoms with E-state index in [-0.39, 0.29) is 17.5 Å². The summed E-state index contributed by atoms with van der Waals surface area (Å²) >= 11 is 0. The molecule has 2 rings (SSSR count). The van der Waals surface area contributed by atoms with Crippen LogP contribution in [0.25, 0.3) is 0 Å². The van der Waals surface area contributed by atoms with Gasteiger partial charge in [-0.1, -0.05) is 0 Å². The number of aliphatic hydroxyl groups excluding tert-OH is 1. The third kappa shape index (κ3) is 5.24. The van der Waals surface area contributed by atoms with Crippen molar-refractivity contribution in [2.75, 3.05) is 6.54 Å². The van der Waals surface area contributed by atoms with Crippen LogP contribution in [0.5, 0.6) is 0 Å². The van der Waals surface area contributed by atoms with Crippen LogP contribution < -0.4 is 10.6 Å². The minimum atomic E-state index is -0.789. The van der Waals surface area contributed by atoms with Gasteiger partial charge in [-0.3, -0.25) is 9.78 Å². The van der Waals surface area contributed by atoms with Crippen molar-refractivity contribution in [3.63, 3.8) is 0 Å². The zero-order valence-corrected chi connectivity index (χ0v) is 14.7. The Kier molecular flexibility index (Phi) is 6.29. The summed E-state index contributed by atoms with van der Waals surface area (Å²) < 4.78 is 13.2. The largest absolute Gasteiger partial charge is 0.387 e. The number of carbonyl (C=O) groups is 1. The van der Waals surface area contributed by atoms with Crippen LogP contribution in [-0.4, -0.2) is 34.1 Å². The molecule has 1 aromatic rings. The molecule has 24 heavy (non-hydrogen) atoms.